The standard InChI is InChI=1S/C19H22N2O/c1-5-9-16-18-15(12-13-17(20-18)22-4)19(2,21(16)3)14-10-7-6-8-11-14/h6-13H,5H2,1-4H3. The van der Waals surface area contributed by atoms with Gasteiger partial charge in [0, 0.05) is 18.7 Å². The van der Waals surface area contributed by atoms with Crippen molar-refractivity contribution in [3.05, 3.63) is 65.4 Å². The molecule has 3 nitrogen and oxygen atoms in total. The fourth-order valence-corrected chi connectivity index (χ4v) is 3.26. The third-order valence-corrected chi connectivity index (χ3v) is 4.61. The van der Waals surface area contributed by atoms with E-state index in [1.54, 1.807) is 7.11 Å². The Hall–Kier alpha value is -2.29. The highest BCUT2D eigenvalue weighted by atomic mass is 16.5. The number of hydrogen-bond acceptors (Lipinski definition) is 3. The summed E-state index contributed by atoms with van der Waals surface area (Å²) in [7, 11) is 3.80. The Morgan fingerprint density at radius 1 is 1.18 bits per heavy atom. The lowest BCUT2D eigenvalue weighted by molar-refractivity contribution is 0.291. The maximum absolute atomic E-state index is 5.32. The number of aromatic nitrogens is 1. The number of benzene rings is 1. The monoisotopic (exact) mass is 294 g/mol. The molecule has 1 aliphatic heterocycles. The minimum Gasteiger partial charge on any atom is -0.481 e. The molecule has 0 aliphatic carbocycles. The summed E-state index contributed by atoms with van der Waals surface area (Å²) >= 11 is 0. The van der Waals surface area contributed by atoms with Crippen LogP contribution in [0.1, 0.15) is 37.1 Å². The Kier molecular flexibility index (Phi) is 3.65. The van der Waals surface area contributed by atoms with Crippen LogP contribution < -0.4 is 4.74 Å². The third kappa shape index (κ3) is 2.00. The molecule has 3 heteroatoms. The Morgan fingerprint density at radius 2 is 1.91 bits per heavy atom. The van der Waals surface area contributed by atoms with E-state index in [2.05, 4.69) is 68.3 Å². The first-order valence-electron chi connectivity index (χ1n) is 7.68. The van der Waals surface area contributed by atoms with Crippen molar-refractivity contribution >= 4 is 5.70 Å². The first-order valence-corrected chi connectivity index (χ1v) is 7.68. The van der Waals surface area contributed by atoms with Gasteiger partial charge in [0.1, 0.15) is 0 Å². The number of methoxy groups -OCH3 is 1. The Balaban J connectivity index is 2.25. The van der Waals surface area contributed by atoms with Gasteiger partial charge in [-0.25, -0.2) is 4.98 Å². The van der Waals surface area contributed by atoms with Crippen molar-refractivity contribution in [1.29, 1.82) is 0 Å². The van der Waals surface area contributed by atoms with Gasteiger partial charge in [-0.2, -0.15) is 0 Å². The summed E-state index contributed by atoms with van der Waals surface area (Å²) in [6.45, 7) is 4.41. The quantitative estimate of drug-likeness (QED) is 0.854. The number of allylic oxidation sites excluding steroid dienone is 1. The largest absolute Gasteiger partial charge is 0.481 e. The van der Waals surface area contributed by atoms with Crippen LogP contribution >= 0.6 is 0 Å². The zero-order valence-electron chi connectivity index (χ0n) is 13.6. The minimum absolute atomic E-state index is 0.211. The summed E-state index contributed by atoms with van der Waals surface area (Å²) in [5.41, 5.74) is 4.47. The van der Waals surface area contributed by atoms with Gasteiger partial charge in [-0.1, -0.05) is 43.3 Å². The zero-order valence-corrected chi connectivity index (χ0v) is 13.6. The SMILES string of the molecule is CCC=C1c2nc(OC)ccc2C(C)(c2ccccc2)N1C. The molecular formula is C19H22N2O. The van der Waals surface area contributed by atoms with Gasteiger partial charge in [-0.15, -0.1) is 0 Å². The number of pyridine rings is 1. The fourth-order valence-electron chi connectivity index (χ4n) is 3.26. The molecule has 0 N–H and O–H groups in total. The van der Waals surface area contributed by atoms with E-state index in [1.165, 1.54) is 16.8 Å². The van der Waals surface area contributed by atoms with Gasteiger partial charge in [0.2, 0.25) is 5.88 Å². The molecule has 22 heavy (non-hydrogen) atoms. The van der Waals surface area contributed by atoms with Crippen molar-refractivity contribution < 1.29 is 4.74 Å². The van der Waals surface area contributed by atoms with E-state index in [-0.39, 0.29) is 5.54 Å². The molecule has 2 aromatic rings. The maximum atomic E-state index is 5.32. The van der Waals surface area contributed by atoms with Crippen molar-refractivity contribution in [2.45, 2.75) is 25.8 Å². The van der Waals surface area contributed by atoms with Crippen molar-refractivity contribution in [1.82, 2.24) is 9.88 Å². The van der Waals surface area contributed by atoms with E-state index < -0.39 is 0 Å². The van der Waals surface area contributed by atoms with Crippen molar-refractivity contribution in [3.8, 4) is 5.88 Å². The van der Waals surface area contributed by atoms with Gasteiger partial charge in [0.15, 0.2) is 0 Å². The molecule has 0 amide bonds. The molecule has 3 rings (SSSR count). The fraction of sp³-hybridized carbons (Fsp3) is 0.316. The second-order valence-corrected chi connectivity index (χ2v) is 5.74. The summed E-state index contributed by atoms with van der Waals surface area (Å²) in [4.78, 5) is 7.03. The van der Waals surface area contributed by atoms with E-state index in [1.807, 2.05) is 6.07 Å². The van der Waals surface area contributed by atoms with E-state index in [9.17, 15) is 0 Å². The second kappa shape index (κ2) is 5.48. The highest BCUT2D eigenvalue weighted by Gasteiger charge is 2.44. The van der Waals surface area contributed by atoms with Crippen LogP contribution in [0, 0.1) is 0 Å². The van der Waals surface area contributed by atoms with Crippen molar-refractivity contribution in [2.24, 2.45) is 0 Å². The predicted octanol–water partition coefficient (Wildman–Crippen LogP) is 4.05. The molecular weight excluding hydrogens is 272 g/mol. The Morgan fingerprint density at radius 3 is 2.55 bits per heavy atom. The van der Waals surface area contributed by atoms with Gasteiger partial charge in [-0.05, 0) is 25.0 Å². The van der Waals surface area contributed by atoms with Crippen LogP contribution in [0.5, 0.6) is 5.88 Å². The molecule has 0 saturated carbocycles. The van der Waals surface area contributed by atoms with Gasteiger partial charge < -0.3 is 9.64 Å². The molecule has 1 atom stereocenters. The molecule has 1 aromatic heterocycles. The highest BCUT2D eigenvalue weighted by Crippen LogP contribution is 2.48. The molecule has 2 heterocycles. The number of rotatable bonds is 3. The normalized spacial score (nSPS) is 22.0. The van der Waals surface area contributed by atoms with Crippen molar-refractivity contribution in [3.63, 3.8) is 0 Å². The lowest BCUT2D eigenvalue weighted by atomic mass is 9.86. The molecule has 1 aromatic carbocycles. The summed E-state index contributed by atoms with van der Waals surface area (Å²) in [6.07, 6.45) is 3.21. The summed E-state index contributed by atoms with van der Waals surface area (Å²) in [6, 6.07) is 14.7. The van der Waals surface area contributed by atoms with E-state index in [0.29, 0.717) is 5.88 Å². The lowest BCUT2D eigenvalue weighted by Crippen LogP contribution is -2.35. The van der Waals surface area contributed by atoms with E-state index >= 15 is 0 Å². The molecule has 0 radical (unpaired) electrons. The third-order valence-electron chi connectivity index (χ3n) is 4.61. The smallest absolute Gasteiger partial charge is 0.213 e. The van der Waals surface area contributed by atoms with Gasteiger partial charge >= 0.3 is 0 Å². The number of hydrogen-bond donors (Lipinski definition) is 0. The molecule has 114 valence electrons. The molecule has 1 aliphatic rings. The average molecular weight is 294 g/mol. The van der Waals surface area contributed by atoms with E-state index in [0.717, 1.165) is 12.1 Å². The van der Waals surface area contributed by atoms with Crippen LogP contribution in [0.25, 0.3) is 5.70 Å². The van der Waals surface area contributed by atoms with Crippen LogP contribution in [0.2, 0.25) is 0 Å². The summed E-state index contributed by atoms with van der Waals surface area (Å²) < 4.78 is 5.32. The van der Waals surface area contributed by atoms with Gasteiger partial charge in [0.25, 0.3) is 0 Å². The van der Waals surface area contributed by atoms with Crippen LogP contribution in [0.15, 0.2) is 48.5 Å². The molecule has 0 saturated heterocycles. The first-order chi connectivity index (χ1) is 10.6. The minimum atomic E-state index is -0.211. The molecule has 0 spiro atoms. The molecule has 0 bridgehead atoms. The highest BCUT2D eigenvalue weighted by molar-refractivity contribution is 5.73. The van der Waals surface area contributed by atoms with Crippen LogP contribution in [0.3, 0.4) is 0 Å². The summed E-state index contributed by atoms with van der Waals surface area (Å²) in [5.74, 6) is 0.659. The first kappa shape index (κ1) is 14.6. The van der Waals surface area contributed by atoms with Gasteiger partial charge in [0.05, 0.1) is 24.0 Å². The summed E-state index contributed by atoms with van der Waals surface area (Å²) in [5, 5.41) is 0. The van der Waals surface area contributed by atoms with Crippen molar-refractivity contribution in [2.75, 3.05) is 14.2 Å². The Bertz CT molecular complexity index is 709. The zero-order chi connectivity index (χ0) is 15.7. The maximum Gasteiger partial charge on any atom is 0.213 e. The molecule has 0 fully saturated rings. The lowest BCUT2D eigenvalue weighted by Gasteiger charge is -2.35. The number of fused-ring (bicyclic) bond motifs is 1. The predicted molar refractivity (Wildman–Crippen MR) is 89.7 cm³/mol. The van der Waals surface area contributed by atoms with Crippen LogP contribution in [-0.4, -0.2) is 24.0 Å². The number of nitrogens with zero attached hydrogens (tertiary/aromatic N) is 2. The topological polar surface area (TPSA) is 25.4 Å². The second-order valence-electron chi connectivity index (χ2n) is 5.74. The van der Waals surface area contributed by atoms with Crippen LogP contribution in [0.4, 0.5) is 0 Å². The number of ether oxygens (including phenoxy) is 1. The van der Waals surface area contributed by atoms with Crippen LogP contribution in [-0.2, 0) is 5.54 Å². The van der Waals surface area contributed by atoms with E-state index in [4.69, 9.17) is 9.72 Å². The average Bonchev–Trinajstić information content (AvgIpc) is 2.78. The van der Waals surface area contributed by atoms with Gasteiger partial charge in [-0.3, -0.25) is 0 Å². The Labute approximate surface area is 132 Å². The molecule has 1 unspecified atom stereocenters.